The Morgan fingerprint density at radius 2 is 2.07 bits per heavy atom. The van der Waals surface area contributed by atoms with Crippen molar-refractivity contribution in [2.24, 2.45) is 0 Å². The van der Waals surface area contributed by atoms with Gasteiger partial charge in [0.15, 0.2) is 0 Å². The van der Waals surface area contributed by atoms with E-state index in [1.165, 1.54) is 5.56 Å². The second kappa shape index (κ2) is 4.34. The molecular weight excluding hydrogens is 192 g/mol. The van der Waals surface area contributed by atoms with Gasteiger partial charge < -0.3 is 0 Å². The monoisotopic (exact) mass is 208 g/mol. The molecule has 1 heterocycles. The van der Waals surface area contributed by atoms with E-state index in [9.17, 15) is 0 Å². The molecule has 0 unspecified atom stereocenters. The van der Waals surface area contributed by atoms with Crippen molar-refractivity contribution in [1.29, 1.82) is 0 Å². The summed E-state index contributed by atoms with van der Waals surface area (Å²) in [4.78, 5) is 0. The van der Waals surface area contributed by atoms with Crippen LogP contribution in [0.2, 0.25) is 0 Å². The first kappa shape index (κ1) is 10.0. The summed E-state index contributed by atoms with van der Waals surface area (Å²) in [6, 6.07) is 10.6. The molecule has 14 heavy (non-hydrogen) atoms. The van der Waals surface area contributed by atoms with E-state index in [0.717, 1.165) is 6.54 Å². The number of nitrogens with one attached hydrogen (secondary N) is 1. The second-order valence-corrected chi connectivity index (χ2v) is 5.30. The highest BCUT2D eigenvalue weighted by Crippen LogP contribution is 2.32. The standard InChI is InChI=1S/C11H16N2S/c1-9-8-13(2)12-11(14-9)10-6-4-3-5-7-10/h3-7,9,11-12H,8H2,1-2H3/t9-,11-/m0/s1. The molecule has 0 amide bonds. The Labute approximate surface area is 89.7 Å². The highest BCUT2D eigenvalue weighted by Gasteiger charge is 2.23. The van der Waals surface area contributed by atoms with Crippen molar-refractivity contribution >= 4 is 11.8 Å². The molecule has 2 atom stereocenters. The minimum Gasteiger partial charge on any atom is -0.245 e. The fourth-order valence-electron chi connectivity index (χ4n) is 1.73. The van der Waals surface area contributed by atoms with Crippen LogP contribution in [0.5, 0.6) is 0 Å². The molecule has 2 nitrogen and oxygen atoms in total. The van der Waals surface area contributed by atoms with Crippen molar-refractivity contribution in [2.75, 3.05) is 13.6 Å². The molecule has 1 aliphatic heterocycles. The third-order valence-corrected chi connectivity index (χ3v) is 3.60. The van der Waals surface area contributed by atoms with E-state index in [4.69, 9.17) is 0 Å². The summed E-state index contributed by atoms with van der Waals surface area (Å²) >= 11 is 1.99. The molecule has 0 spiro atoms. The van der Waals surface area contributed by atoms with Crippen LogP contribution in [0.1, 0.15) is 17.9 Å². The highest BCUT2D eigenvalue weighted by atomic mass is 32.2. The van der Waals surface area contributed by atoms with Crippen LogP contribution in [0.15, 0.2) is 30.3 Å². The van der Waals surface area contributed by atoms with Gasteiger partial charge in [0.1, 0.15) is 0 Å². The predicted octanol–water partition coefficient (Wildman–Crippen LogP) is 2.26. The number of benzene rings is 1. The summed E-state index contributed by atoms with van der Waals surface area (Å²) in [7, 11) is 2.10. The zero-order valence-electron chi connectivity index (χ0n) is 8.60. The molecule has 0 saturated carbocycles. The molecular formula is C11H16N2S. The van der Waals surface area contributed by atoms with E-state index in [-0.39, 0.29) is 0 Å². The maximum atomic E-state index is 3.46. The van der Waals surface area contributed by atoms with Crippen LogP contribution in [-0.2, 0) is 0 Å². The minimum absolute atomic E-state index is 0.407. The average Bonchev–Trinajstić information content (AvgIpc) is 2.18. The molecule has 0 radical (unpaired) electrons. The van der Waals surface area contributed by atoms with E-state index >= 15 is 0 Å². The number of rotatable bonds is 1. The zero-order chi connectivity index (χ0) is 9.97. The average molecular weight is 208 g/mol. The smallest absolute Gasteiger partial charge is 0.0921 e. The van der Waals surface area contributed by atoms with Gasteiger partial charge in [0.25, 0.3) is 0 Å². The second-order valence-electron chi connectivity index (χ2n) is 3.75. The van der Waals surface area contributed by atoms with Gasteiger partial charge in [0, 0.05) is 18.8 Å². The summed E-state index contributed by atoms with van der Waals surface area (Å²) in [5.41, 5.74) is 4.82. The molecule has 1 N–H and O–H groups in total. The van der Waals surface area contributed by atoms with Crippen molar-refractivity contribution in [3.05, 3.63) is 35.9 Å². The number of hydrazine groups is 1. The Morgan fingerprint density at radius 1 is 1.36 bits per heavy atom. The quantitative estimate of drug-likeness (QED) is 0.762. The summed E-state index contributed by atoms with van der Waals surface area (Å²) in [6.07, 6.45) is 0. The molecule has 0 aliphatic carbocycles. The first-order chi connectivity index (χ1) is 6.75. The Balaban J connectivity index is 2.11. The molecule has 3 heteroatoms. The van der Waals surface area contributed by atoms with Gasteiger partial charge in [0.05, 0.1) is 5.37 Å². The van der Waals surface area contributed by atoms with E-state index < -0.39 is 0 Å². The normalized spacial score (nSPS) is 29.0. The van der Waals surface area contributed by atoms with Crippen LogP contribution >= 0.6 is 11.8 Å². The molecule has 1 fully saturated rings. The van der Waals surface area contributed by atoms with Crippen LogP contribution in [0.4, 0.5) is 0 Å². The summed E-state index contributed by atoms with van der Waals surface area (Å²) < 4.78 is 0. The SMILES string of the molecule is C[C@H]1CN(C)N[C@H](c2ccccc2)S1. The first-order valence-electron chi connectivity index (χ1n) is 4.93. The highest BCUT2D eigenvalue weighted by molar-refractivity contribution is 8.00. The van der Waals surface area contributed by atoms with E-state index in [1.807, 2.05) is 11.8 Å². The third-order valence-electron chi connectivity index (χ3n) is 2.34. The lowest BCUT2D eigenvalue weighted by Crippen LogP contribution is -2.44. The van der Waals surface area contributed by atoms with Gasteiger partial charge in [-0.3, -0.25) is 0 Å². The maximum Gasteiger partial charge on any atom is 0.0921 e. The number of hydrogen-bond donors (Lipinski definition) is 1. The summed E-state index contributed by atoms with van der Waals surface area (Å²) in [6.45, 7) is 3.38. The van der Waals surface area contributed by atoms with Crippen molar-refractivity contribution in [1.82, 2.24) is 10.4 Å². The molecule has 1 aromatic rings. The minimum atomic E-state index is 0.407. The fraction of sp³-hybridized carbons (Fsp3) is 0.455. The molecule has 0 aromatic heterocycles. The maximum absolute atomic E-state index is 3.46. The largest absolute Gasteiger partial charge is 0.245 e. The van der Waals surface area contributed by atoms with Crippen LogP contribution in [0.25, 0.3) is 0 Å². The van der Waals surface area contributed by atoms with Crippen molar-refractivity contribution in [3.63, 3.8) is 0 Å². The molecule has 1 aliphatic rings. The van der Waals surface area contributed by atoms with Crippen molar-refractivity contribution in [2.45, 2.75) is 17.5 Å². The lowest BCUT2D eigenvalue weighted by molar-refractivity contribution is 0.219. The Bertz CT molecular complexity index is 279. The Hall–Kier alpha value is -0.510. The van der Waals surface area contributed by atoms with Crippen LogP contribution in [-0.4, -0.2) is 23.9 Å². The van der Waals surface area contributed by atoms with Gasteiger partial charge in [0.2, 0.25) is 0 Å². The van der Waals surface area contributed by atoms with Crippen molar-refractivity contribution in [3.8, 4) is 0 Å². The molecule has 1 aromatic carbocycles. The lowest BCUT2D eigenvalue weighted by atomic mass is 10.2. The van der Waals surface area contributed by atoms with Gasteiger partial charge in [-0.15, -0.1) is 11.8 Å². The fourth-order valence-corrected chi connectivity index (χ4v) is 3.05. The van der Waals surface area contributed by atoms with E-state index in [0.29, 0.717) is 10.6 Å². The Kier molecular flexibility index (Phi) is 3.11. The topological polar surface area (TPSA) is 15.3 Å². The molecule has 1 saturated heterocycles. The van der Waals surface area contributed by atoms with Crippen LogP contribution in [0.3, 0.4) is 0 Å². The van der Waals surface area contributed by atoms with Crippen LogP contribution in [0, 0.1) is 0 Å². The summed E-state index contributed by atoms with van der Waals surface area (Å²) in [5, 5.41) is 3.27. The molecule has 0 bridgehead atoms. The van der Waals surface area contributed by atoms with Gasteiger partial charge >= 0.3 is 0 Å². The molecule has 2 rings (SSSR count). The first-order valence-corrected chi connectivity index (χ1v) is 5.87. The predicted molar refractivity (Wildman–Crippen MR) is 62.0 cm³/mol. The van der Waals surface area contributed by atoms with E-state index in [1.54, 1.807) is 0 Å². The van der Waals surface area contributed by atoms with Gasteiger partial charge in [-0.2, -0.15) is 0 Å². The Morgan fingerprint density at radius 3 is 2.71 bits per heavy atom. The van der Waals surface area contributed by atoms with Crippen LogP contribution < -0.4 is 5.43 Å². The zero-order valence-corrected chi connectivity index (χ0v) is 9.42. The lowest BCUT2D eigenvalue weighted by Gasteiger charge is -2.34. The summed E-state index contributed by atoms with van der Waals surface area (Å²) in [5.74, 6) is 0. The van der Waals surface area contributed by atoms with E-state index in [2.05, 4.69) is 54.7 Å². The van der Waals surface area contributed by atoms with Gasteiger partial charge in [-0.05, 0) is 5.56 Å². The van der Waals surface area contributed by atoms with Gasteiger partial charge in [-0.1, -0.05) is 37.3 Å². The third kappa shape index (κ3) is 2.29. The van der Waals surface area contributed by atoms with Gasteiger partial charge in [-0.25, -0.2) is 10.4 Å². The number of nitrogens with zero attached hydrogens (tertiary/aromatic N) is 1. The van der Waals surface area contributed by atoms with Crippen molar-refractivity contribution < 1.29 is 0 Å². The number of thioether (sulfide) groups is 1. The number of hydrogen-bond acceptors (Lipinski definition) is 3. The molecule has 76 valence electrons.